The Hall–Kier alpha value is -0.660. The van der Waals surface area contributed by atoms with Crippen LogP contribution in [0.25, 0.3) is 0 Å². The van der Waals surface area contributed by atoms with Crippen LogP contribution in [0.5, 0.6) is 0 Å². The summed E-state index contributed by atoms with van der Waals surface area (Å²) in [6.45, 7) is 3.38. The first-order valence-corrected chi connectivity index (χ1v) is 2.76. The highest BCUT2D eigenvalue weighted by atomic mass is 16.1. The van der Waals surface area contributed by atoms with Crippen molar-refractivity contribution >= 4 is 11.5 Å². The van der Waals surface area contributed by atoms with Crippen molar-refractivity contribution in [1.82, 2.24) is 0 Å². The largest absolute Gasteiger partial charge is 0.302 e. The van der Waals surface area contributed by atoms with Gasteiger partial charge in [-0.15, -0.1) is 0 Å². The molecular weight excluding hydrogens is 102 g/mol. The molecule has 0 aliphatic carbocycles. The summed E-state index contributed by atoms with van der Waals surface area (Å²) in [5.74, 6) is -0.105. The molecule has 8 heavy (non-hydrogen) atoms. The van der Waals surface area contributed by atoms with Gasteiger partial charge in [0.25, 0.3) is 0 Å². The highest BCUT2D eigenvalue weighted by molar-refractivity contribution is 6.37. The SMILES string of the molecule is CCCC(=N)C(C)=O. The lowest BCUT2D eigenvalue weighted by Gasteiger charge is -1.91. The molecule has 2 heteroatoms. The fraction of sp³-hybridized carbons (Fsp3) is 0.667. The van der Waals surface area contributed by atoms with Gasteiger partial charge < -0.3 is 5.41 Å². The monoisotopic (exact) mass is 113 g/mol. The molecule has 0 atom stereocenters. The third kappa shape index (κ3) is 2.50. The van der Waals surface area contributed by atoms with Gasteiger partial charge in [-0.05, 0) is 6.42 Å². The number of rotatable bonds is 3. The molecular formula is C6H11NO. The third-order valence-corrected chi connectivity index (χ3v) is 0.925. The first-order chi connectivity index (χ1) is 3.68. The van der Waals surface area contributed by atoms with Crippen LogP contribution in [0.15, 0.2) is 0 Å². The summed E-state index contributed by atoms with van der Waals surface area (Å²) in [6.07, 6.45) is 1.51. The molecule has 46 valence electrons. The van der Waals surface area contributed by atoms with Gasteiger partial charge in [0.15, 0.2) is 5.78 Å². The molecule has 0 rings (SSSR count). The van der Waals surface area contributed by atoms with Crippen LogP contribution in [0.4, 0.5) is 0 Å². The Morgan fingerprint density at radius 2 is 2.12 bits per heavy atom. The number of Topliss-reactive ketones (excluding diaryl/α,β-unsaturated/α-hetero) is 1. The number of hydrogen-bond donors (Lipinski definition) is 1. The van der Waals surface area contributed by atoms with Crippen molar-refractivity contribution in [2.75, 3.05) is 0 Å². The molecule has 0 amide bonds. The normalized spacial score (nSPS) is 8.75. The van der Waals surface area contributed by atoms with E-state index in [0.717, 1.165) is 6.42 Å². The van der Waals surface area contributed by atoms with Crippen LogP contribution in [0.1, 0.15) is 26.7 Å². The average Bonchev–Trinajstić information content (AvgIpc) is 1.67. The summed E-state index contributed by atoms with van der Waals surface area (Å²) in [6, 6.07) is 0. The second-order valence-electron chi connectivity index (χ2n) is 1.78. The molecule has 0 aromatic carbocycles. The van der Waals surface area contributed by atoms with Crippen molar-refractivity contribution < 1.29 is 4.79 Å². The van der Waals surface area contributed by atoms with Gasteiger partial charge in [0.05, 0.1) is 5.71 Å². The van der Waals surface area contributed by atoms with E-state index in [1.807, 2.05) is 6.92 Å². The van der Waals surface area contributed by atoms with Crippen LogP contribution in [-0.4, -0.2) is 11.5 Å². The number of carbonyl (C=O) groups is 1. The van der Waals surface area contributed by atoms with Crippen LogP contribution in [0.2, 0.25) is 0 Å². The maximum Gasteiger partial charge on any atom is 0.173 e. The van der Waals surface area contributed by atoms with Crippen LogP contribution < -0.4 is 0 Å². The van der Waals surface area contributed by atoms with E-state index in [-0.39, 0.29) is 11.5 Å². The molecule has 0 radical (unpaired) electrons. The molecule has 0 fully saturated rings. The minimum Gasteiger partial charge on any atom is -0.302 e. The van der Waals surface area contributed by atoms with Gasteiger partial charge in [0.2, 0.25) is 0 Å². The average molecular weight is 113 g/mol. The summed E-state index contributed by atoms with van der Waals surface area (Å²) in [4.78, 5) is 10.3. The topological polar surface area (TPSA) is 40.9 Å². The van der Waals surface area contributed by atoms with Crippen LogP contribution in [0, 0.1) is 5.41 Å². The molecule has 1 N–H and O–H groups in total. The van der Waals surface area contributed by atoms with Crippen molar-refractivity contribution in [2.24, 2.45) is 0 Å². The predicted molar refractivity (Wildman–Crippen MR) is 33.3 cm³/mol. The van der Waals surface area contributed by atoms with Crippen molar-refractivity contribution in [3.8, 4) is 0 Å². The van der Waals surface area contributed by atoms with Gasteiger partial charge in [0, 0.05) is 6.92 Å². The van der Waals surface area contributed by atoms with Gasteiger partial charge in [-0.2, -0.15) is 0 Å². The highest BCUT2D eigenvalue weighted by Crippen LogP contribution is 1.89. The summed E-state index contributed by atoms with van der Waals surface area (Å²) in [5, 5.41) is 6.99. The van der Waals surface area contributed by atoms with Gasteiger partial charge in [0.1, 0.15) is 0 Å². The number of ketones is 1. The zero-order valence-electron chi connectivity index (χ0n) is 5.32. The van der Waals surface area contributed by atoms with Gasteiger partial charge >= 0.3 is 0 Å². The molecule has 0 unspecified atom stereocenters. The van der Waals surface area contributed by atoms with Crippen molar-refractivity contribution in [3.63, 3.8) is 0 Å². The molecule has 0 aliphatic heterocycles. The number of carbonyl (C=O) groups excluding carboxylic acids is 1. The Morgan fingerprint density at radius 3 is 2.25 bits per heavy atom. The standard InChI is InChI=1S/C6H11NO/c1-3-4-6(7)5(2)8/h7H,3-4H2,1-2H3. The maximum absolute atomic E-state index is 10.3. The maximum atomic E-state index is 10.3. The van der Waals surface area contributed by atoms with Crippen molar-refractivity contribution in [2.45, 2.75) is 26.7 Å². The van der Waals surface area contributed by atoms with E-state index in [4.69, 9.17) is 5.41 Å². The lowest BCUT2D eigenvalue weighted by atomic mass is 10.2. The molecule has 0 saturated carbocycles. The zero-order chi connectivity index (χ0) is 6.57. The van der Waals surface area contributed by atoms with Crippen LogP contribution in [-0.2, 0) is 4.79 Å². The highest BCUT2D eigenvalue weighted by Gasteiger charge is 1.98. The second-order valence-corrected chi connectivity index (χ2v) is 1.78. The Labute approximate surface area is 49.4 Å². The second kappa shape index (κ2) is 3.36. The lowest BCUT2D eigenvalue weighted by molar-refractivity contribution is -0.111. The minimum atomic E-state index is -0.105. The quantitative estimate of drug-likeness (QED) is 0.552. The fourth-order valence-corrected chi connectivity index (χ4v) is 0.426. The van der Waals surface area contributed by atoms with Crippen LogP contribution >= 0.6 is 0 Å². The summed E-state index contributed by atoms with van der Waals surface area (Å²) in [5.41, 5.74) is 0.243. The molecule has 0 heterocycles. The molecule has 0 spiro atoms. The summed E-state index contributed by atoms with van der Waals surface area (Å²) in [7, 11) is 0. The molecule has 0 aromatic rings. The van der Waals surface area contributed by atoms with E-state index in [1.54, 1.807) is 0 Å². The minimum absolute atomic E-state index is 0.105. The molecule has 0 bridgehead atoms. The number of nitrogens with one attached hydrogen (secondary N) is 1. The van der Waals surface area contributed by atoms with E-state index in [9.17, 15) is 4.79 Å². The number of hydrogen-bond acceptors (Lipinski definition) is 2. The Morgan fingerprint density at radius 1 is 1.62 bits per heavy atom. The molecule has 2 nitrogen and oxygen atoms in total. The molecule has 0 saturated heterocycles. The summed E-state index contributed by atoms with van der Waals surface area (Å²) < 4.78 is 0. The van der Waals surface area contributed by atoms with E-state index in [0.29, 0.717) is 6.42 Å². The van der Waals surface area contributed by atoms with E-state index >= 15 is 0 Å². The van der Waals surface area contributed by atoms with Gasteiger partial charge in [-0.25, -0.2) is 0 Å². The Balaban J connectivity index is 3.49. The zero-order valence-corrected chi connectivity index (χ0v) is 5.32. The smallest absolute Gasteiger partial charge is 0.173 e. The van der Waals surface area contributed by atoms with E-state index in [2.05, 4.69) is 0 Å². The van der Waals surface area contributed by atoms with E-state index in [1.165, 1.54) is 6.92 Å². The van der Waals surface area contributed by atoms with Gasteiger partial charge in [-0.1, -0.05) is 13.3 Å². The van der Waals surface area contributed by atoms with Crippen LogP contribution in [0.3, 0.4) is 0 Å². The van der Waals surface area contributed by atoms with Crippen molar-refractivity contribution in [1.29, 1.82) is 5.41 Å². The third-order valence-electron chi connectivity index (χ3n) is 0.925. The first-order valence-electron chi connectivity index (χ1n) is 2.76. The first kappa shape index (κ1) is 7.34. The summed E-state index contributed by atoms with van der Waals surface area (Å²) >= 11 is 0. The molecule has 0 aliphatic rings. The molecule has 0 aromatic heterocycles. The van der Waals surface area contributed by atoms with Gasteiger partial charge in [-0.3, -0.25) is 4.79 Å². The predicted octanol–water partition coefficient (Wildman–Crippen LogP) is 1.40. The fourth-order valence-electron chi connectivity index (χ4n) is 0.426. The lowest BCUT2D eigenvalue weighted by Crippen LogP contribution is -2.06. The Bertz CT molecular complexity index is 107. The van der Waals surface area contributed by atoms with Crippen molar-refractivity contribution in [3.05, 3.63) is 0 Å². The van der Waals surface area contributed by atoms with E-state index < -0.39 is 0 Å². The Kier molecular flexibility index (Phi) is 3.08.